The Morgan fingerprint density at radius 2 is 2.04 bits per heavy atom. The van der Waals surface area contributed by atoms with Gasteiger partial charge in [-0.25, -0.2) is 0 Å². The van der Waals surface area contributed by atoms with Crippen LogP contribution in [0.25, 0.3) is 11.5 Å². The van der Waals surface area contributed by atoms with Crippen molar-refractivity contribution in [3.05, 3.63) is 18.2 Å². The second-order valence-electron chi connectivity index (χ2n) is 6.51. The van der Waals surface area contributed by atoms with Gasteiger partial charge in [-0.3, -0.25) is 4.79 Å². The van der Waals surface area contributed by atoms with E-state index in [-0.39, 0.29) is 5.91 Å². The van der Waals surface area contributed by atoms with Crippen LogP contribution in [0.4, 0.5) is 0 Å². The highest BCUT2D eigenvalue weighted by atomic mass is 32.2. The van der Waals surface area contributed by atoms with Crippen LogP contribution in [-0.4, -0.2) is 54.1 Å². The third-order valence-corrected chi connectivity index (χ3v) is 5.18. The number of aromatic nitrogens is 2. The van der Waals surface area contributed by atoms with E-state index in [1.54, 1.807) is 26.4 Å². The summed E-state index contributed by atoms with van der Waals surface area (Å²) < 4.78 is 16.2. The van der Waals surface area contributed by atoms with E-state index in [0.29, 0.717) is 34.3 Å². The summed E-state index contributed by atoms with van der Waals surface area (Å²) in [5.41, 5.74) is 0.736. The molecule has 0 saturated heterocycles. The van der Waals surface area contributed by atoms with E-state index >= 15 is 0 Å². The van der Waals surface area contributed by atoms with E-state index in [1.807, 2.05) is 11.0 Å². The van der Waals surface area contributed by atoms with Crippen LogP contribution in [0.2, 0.25) is 0 Å². The Labute approximate surface area is 163 Å². The molecular weight excluding hydrogens is 366 g/mol. The highest BCUT2D eigenvalue weighted by Crippen LogP contribution is 2.33. The monoisotopic (exact) mass is 391 g/mol. The maximum absolute atomic E-state index is 12.5. The summed E-state index contributed by atoms with van der Waals surface area (Å²) >= 11 is 1.28. The molecule has 27 heavy (non-hydrogen) atoms. The Kier molecular flexibility index (Phi) is 6.60. The molecule has 1 aliphatic carbocycles. The quantitative estimate of drug-likeness (QED) is 0.574. The standard InChI is InChI=1S/C19H25N3O4S/c1-4-9-22(11-13-5-6-13)17(23)12-27-19-21-20-18(26-19)14-7-8-15(24-2)16(10-14)25-3/h7-8,10,13H,4-6,9,11-12H2,1-3H3. The molecule has 1 aromatic carbocycles. The number of nitrogens with zero attached hydrogens (tertiary/aromatic N) is 3. The zero-order chi connectivity index (χ0) is 19.2. The van der Waals surface area contributed by atoms with Crippen molar-refractivity contribution >= 4 is 17.7 Å². The second-order valence-corrected chi connectivity index (χ2v) is 7.44. The van der Waals surface area contributed by atoms with Crippen LogP contribution in [0, 0.1) is 5.92 Å². The summed E-state index contributed by atoms with van der Waals surface area (Å²) in [5.74, 6) is 2.72. The van der Waals surface area contributed by atoms with Crippen molar-refractivity contribution in [2.24, 2.45) is 5.92 Å². The largest absolute Gasteiger partial charge is 0.493 e. The average molecular weight is 391 g/mol. The molecule has 1 saturated carbocycles. The molecule has 1 amide bonds. The van der Waals surface area contributed by atoms with Crippen LogP contribution in [0.3, 0.4) is 0 Å². The number of hydrogen-bond acceptors (Lipinski definition) is 7. The molecular formula is C19H25N3O4S. The normalized spacial score (nSPS) is 13.4. The average Bonchev–Trinajstić information content (AvgIpc) is 3.39. The number of carbonyl (C=O) groups excluding carboxylic acids is 1. The van der Waals surface area contributed by atoms with Crippen molar-refractivity contribution in [3.63, 3.8) is 0 Å². The third kappa shape index (κ3) is 5.15. The number of rotatable bonds is 10. The molecule has 0 aliphatic heterocycles. The van der Waals surface area contributed by atoms with Gasteiger partial charge in [-0.05, 0) is 43.4 Å². The van der Waals surface area contributed by atoms with E-state index in [2.05, 4.69) is 17.1 Å². The third-order valence-electron chi connectivity index (χ3n) is 4.38. The van der Waals surface area contributed by atoms with Gasteiger partial charge in [0.1, 0.15) is 0 Å². The SMILES string of the molecule is CCCN(CC1CC1)C(=O)CSc1nnc(-c2ccc(OC)c(OC)c2)o1. The van der Waals surface area contributed by atoms with Gasteiger partial charge in [0.05, 0.1) is 20.0 Å². The molecule has 0 N–H and O–H groups in total. The summed E-state index contributed by atoms with van der Waals surface area (Å²) in [6.07, 6.45) is 3.44. The van der Waals surface area contributed by atoms with Gasteiger partial charge in [0.15, 0.2) is 11.5 Å². The van der Waals surface area contributed by atoms with Crippen molar-refractivity contribution < 1.29 is 18.7 Å². The predicted molar refractivity (Wildman–Crippen MR) is 103 cm³/mol. The maximum atomic E-state index is 12.5. The summed E-state index contributed by atoms with van der Waals surface area (Å²) in [5, 5.41) is 8.51. The van der Waals surface area contributed by atoms with Crippen molar-refractivity contribution in [1.29, 1.82) is 0 Å². The van der Waals surface area contributed by atoms with E-state index in [0.717, 1.165) is 25.1 Å². The zero-order valence-corrected chi connectivity index (χ0v) is 16.8. The van der Waals surface area contributed by atoms with Crippen LogP contribution < -0.4 is 9.47 Å². The number of carbonyl (C=O) groups is 1. The first-order valence-corrected chi connectivity index (χ1v) is 10.1. The molecule has 0 unspecified atom stereocenters. The number of hydrogen-bond donors (Lipinski definition) is 0. The summed E-state index contributed by atoms with van der Waals surface area (Å²) in [6.45, 7) is 3.76. The van der Waals surface area contributed by atoms with E-state index in [4.69, 9.17) is 13.9 Å². The lowest BCUT2D eigenvalue weighted by atomic mass is 10.2. The fourth-order valence-corrected chi connectivity index (χ4v) is 3.43. The Hall–Kier alpha value is -2.22. The molecule has 8 heteroatoms. The molecule has 7 nitrogen and oxygen atoms in total. The Balaban J connectivity index is 1.61. The van der Waals surface area contributed by atoms with Gasteiger partial charge in [0.2, 0.25) is 11.8 Å². The Morgan fingerprint density at radius 3 is 2.70 bits per heavy atom. The van der Waals surface area contributed by atoms with Crippen molar-refractivity contribution in [3.8, 4) is 23.0 Å². The molecule has 1 aromatic heterocycles. The van der Waals surface area contributed by atoms with Gasteiger partial charge in [-0.15, -0.1) is 10.2 Å². The van der Waals surface area contributed by atoms with Gasteiger partial charge in [-0.2, -0.15) is 0 Å². The lowest BCUT2D eigenvalue weighted by Gasteiger charge is -2.21. The lowest BCUT2D eigenvalue weighted by Crippen LogP contribution is -2.34. The number of ether oxygens (including phenoxy) is 2. The topological polar surface area (TPSA) is 77.7 Å². The molecule has 0 atom stereocenters. The minimum atomic E-state index is 0.125. The smallest absolute Gasteiger partial charge is 0.277 e. The fraction of sp³-hybridized carbons (Fsp3) is 0.526. The van der Waals surface area contributed by atoms with E-state index in [1.165, 1.54) is 24.6 Å². The van der Waals surface area contributed by atoms with E-state index < -0.39 is 0 Å². The summed E-state index contributed by atoms with van der Waals surface area (Å²) in [7, 11) is 3.16. The zero-order valence-electron chi connectivity index (χ0n) is 15.9. The molecule has 1 aliphatic rings. The molecule has 2 aromatic rings. The highest BCUT2D eigenvalue weighted by Gasteiger charge is 2.26. The van der Waals surface area contributed by atoms with Gasteiger partial charge in [-0.1, -0.05) is 18.7 Å². The first-order valence-electron chi connectivity index (χ1n) is 9.11. The molecule has 146 valence electrons. The first-order chi connectivity index (χ1) is 13.1. The molecule has 0 spiro atoms. The van der Waals surface area contributed by atoms with Crippen LogP contribution in [0.15, 0.2) is 27.8 Å². The molecule has 0 bridgehead atoms. The summed E-state index contributed by atoms with van der Waals surface area (Å²) in [6, 6.07) is 5.40. The van der Waals surface area contributed by atoms with Gasteiger partial charge in [0, 0.05) is 18.7 Å². The van der Waals surface area contributed by atoms with Crippen molar-refractivity contribution in [2.75, 3.05) is 33.1 Å². The second kappa shape index (κ2) is 9.12. The minimum Gasteiger partial charge on any atom is -0.493 e. The summed E-state index contributed by atoms with van der Waals surface area (Å²) in [4.78, 5) is 14.4. The van der Waals surface area contributed by atoms with Crippen molar-refractivity contribution in [1.82, 2.24) is 15.1 Å². The number of amides is 1. The Morgan fingerprint density at radius 1 is 1.26 bits per heavy atom. The highest BCUT2D eigenvalue weighted by molar-refractivity contribution is 7.99. The van der Waals surface area contributed by atoms with Crippen LogP contribution >= 0.6 is 11.8 Å². The maximum Gasteiger partial charge on any atom is 0.277 e. The van der Waals surface area contributed by atoms with Gasteiger partial charge < -0.3 is 18.8 Å². The fourth-order valence-electron chi connectivity index (χ4n) is 2.77. The lowest BCUT2D eigenvalue weighted by molar-refractivity contribution is -0.128. The molecule has 1 fully saturated rings. The number of methoxy groups -OCH3 is 2. The van der Waals surface area contributed by atoms with Gasteiger partial charge in [0.25, 0.3) is 5.22 Å². The van der Waals surface area contributed by atoms with Crippen LogP contribution in [0.1, 0.15) is 26.2 Å². The minimum absolute atomic E-state index is 0.125. The first kappa shape index (κ1) is 19.5. The predicted octanol–water partition coefficient (Wildman–Crippen LogP) is 3.49. The van der Waals surface area contributed by atoms with Crippen LogP contribution in [-0.2, 0) is 4.79 Å². The van der Waals surface area contributed by atoms with Gasteiger partial charge >= 0.3 is 0 Å². The number of benzene rings is 1. The molecule has 3 rings (SSSR count). The molecule has 0 radical (unpaired) electrons. The van der Waals surface area contributed by atoms with Crippen molar-refractivity contribution in [2.45, 2.75) is 31.4 Å². The van der Waals surface area contributed by atoms with Crippen LogP contribution in [0.5, 0.6) is 11.5 Å². The number of thioether (sulfide) groups is 1. The Bertz CT molecular complexity index is 776. The van der Waals surface area contributed by atoms with E-state index in [9.17, 15) is 4.79 Å². The molecule has 1 heterocycles.